The molecule has 4 rings (SSSR count). The molecule has 0 saturated carbocycles. The molecule has 0 unspecified atom stereocenters. The molecule has 5 nitrogen and oxygen atoms in total. The van der Waals surface area contributed by atoms with Gasteiger partial charge in [-0.1, -0.05) is 12.1 Å². The third-order valence-electron chi connectivity index (χ3n) is 3.83. The van der Waals surface area contributed by atoms with Gasteiger partial charge < -0.3 is 13.9 Å². The summed E-state index contributed by atoms with van der Waals surface area (Å²) in [6.07, 6.45) is -0.600. The minimum Gasteiger partial charge on any atom is -0.452 e. The summed E-state index contributed by atoms with van der Waals surface area (Å²) in [5, 5.41) is 0.726. The number of hydrogen-bond donors (Lipinski definition) is 0. The minimum absolute atomic E-state index is 0.133. The average molecular weight is 258 g/mol. The predicted octanol–water partition coefficient (Wildman–Crippen LogP) is 1.72. The fourth-order valence-electron chi connectivity index (χ4n) is 2.88. The van der Waals surface area contributed by atoms with Crippen molar-refractivity contribution < 1.29 is 18.7 Å². The van der Waals surface area contributed by atoms with E-state index >= 15 is 0 Å². The van der Waals surface area contributed by atoms with Crippen LogP contribution < -0.4 is 10.4 Å². The Balaban J connectivity index is 2.09. The van der Waals surface area contributed by atoms with Gasteiger partial charge in [-0.3, -0.25) is 4.79 Å². The van der Waals surface area contributed by atoms with Gasteiger partial charge in [0.1, 0.15) is 11.3 Å². The van der Waals surface area contributed by atoms with Crippen molar-refractivity contribution >= 4 is 16.9 Å². The minimum atomic E-state index is -0.753. The Labute approximate surface area is 107 Å². The maximum atomic E-state index is 12.2. The van der Waals surface area contributed by atoms with E-state index in [-0.39, 0.29) is 12.4 Å². The number of esters is 1. The zero-order valence-corrected chi connectivity index (χ0v) is 10.1. The molecule has 2 aliphatic rings. The Morgan fingerprint density at radius 3 is 2.84 bits per heavy atom. The Morgan fingerprint density at radius 2 is 2.00 bits per heavy atom. The molecule has 5 heteroatoms. The van der Waals surface area contributed by atoms with Gasteiger partial charge in [-0.2, -0.15) is 0 Å². The number of carbonyl (C=O) groups is 1. The Hall–Kier alpha value is -2.30. The molecule has 19 heavy (non-hydrogen) atoms. The molecule has 3 heterocycles. The van der Waals surface area contributed by atoms with Crippen LogP contribution in [0.1, 0.15) is 18.9 Å². The van der Waals surface area contributed by atoms with Crippen molar-refractivity contribution in [2.75, 3.05) is 0 Å². The normalized spacial score (nSPS) is 27.8. The van der Waals surface area contributed by atoms with E-state index in [1.165, 1.54) is 0 Å². The number of rotatable bonds is 0. The molecule has 1 fully saturated rings. The van der Waals surface area contributed by atoms with E-state index in [0.717, 1.165) is 5.39 Å². The molecule has 1 aromatic carbocycles. The average Bonchev–Trinajstić information content (AvgIpc) is 2.78. The van der Waals surface area contributed by atoms with Gasteiger partial charge >= 0.3 is 11.6 Å². The van der Waals surface area contributed by atoms with E-state index in [1.807, 2.05) is 12.1 Å². The summed E-state index contributed by atoms with van der Waals surface area (Å²) in [6.45, 7) is 1.79. The van der Waals surface area contributed by atoms with Gasteiger partial charge in [-0.25, -0.2) is 4.79 Å². The van der Waals surface area contributed by atoms with Gasteiger partial charge in [0.05, 0.1) is 22.8 Å². The van der Waals surface area contributed by atoms with Crippen molar-refractivity contribution in [3.8, 4) is 5.75 Å². The van der Waals surface area contributed by atoms with E-state index < -0.39 is 17.3 Å². The summed E-state index contributed by atoms with van der Waals surface area (Å²) in [6, 6.07) is 7.16. The Bertz CT molecular complexity index is 775. The van der Waals surface area contributed by atoms with E-state index in [0.29, 0.717) is 16.9 Å². The lowest BCUT2D eigenvalue weighted by Gasteiger charge is -2.16. The predicted molar refractivity (Wildman–Crippen MR) is 65.0 cm³/mol. The largest absolute Gasteiger partial charge is 0.452 e. The lowest BCUT2D eigenvalue weighted by molar-refractivity contribution is -0.151. The van der Waals surface area contributed by atoms with Gasteiger partial charge in [0.25, 0.3) is 6.29 Å². The molecule has 2 aromatic rings. The highest BCUT2D eigenvalue weighted by molar-refractivity contribution is 5.87. The van der Waals surface area contributed by atoms with Crippen molar-refractivity contribution in [3.05, 3.63) is 40.2 Å². The zero-order valence-electron chi connectivity index (χ0n) is 10.1. The summed E-state index contributed by atoms with van der Waals surface area (Å²) in [5.74, 6) is 0.123. The number of para-hydroxylation sites is 1. The third kappa shape index (κ3) is 1.19. The van der Waals surface area contributed by atoms with Crippen LogP contribution in [0, 0.1) is 0 Å². The van der Waals surface area contributed by atoms with Crippen LogP contribution in [0.3, 0.4) is 0 Å². The molecule has 2 atom stereocenters. The summed E-state index contributed by atoms with van der Waals surface area (Å²) < 4.78 is 16.1. The second kappa shape index (κ2) is 3.17. The van der Waals surface area contributed by atoms with Crippen LogP contribution in [-0.2, 0) is 14.9 Å². The highest BCUT2D eigenvalue weighted by Crippen LogP contribution is 2.49. The highest BCUT2D eigenvalue weighted by atomic mass is 16.7. The SMILES string of the molecule is C[C@]12CC(=O)O[C@@H]1Oc1c2c(=O)oc2ccccc12. The molecular weight excluding hydrogens is 248 g/mol. The summed E-state index contributed by atoms with van der Waals surface area (Å²) in [7, 11) is 0. The van der Waals surface area contributed by atoms with Crippen molar-refractivity contribution in [1.29, 1.82) is 0 Å². The second-order valence-electron chi connectivity index (χ2n) is 5.12. The van der Waals surface area contributed by atoms with E-state index in [4.69, 9.17) is 13.9 Å². The van der Waals surface area contributed by atoms with Crippen LogP contribution in [0.5, 0.6) is 5.75 Å². The topological polar surface area (TPSA) is 65.7 Å². The van der Waals surface area contributed by atoms with Crippen molar-refractivity contribution in [2.45, 2.75) is 25.0 Å². The van der Waals surface area contributed by atoms with Gasteiger partial charge in [-0.15, -0.1) is 0 Å². The van der Waals surface area contributed by atoms with E-state index in [1.54, 1.807) is 19.1 Å². The zero-order chi connectivity index (χ0) is 13.2. The number of carbonyl (C=O) groups excluding carboxylic acids is 1. The van der Waals surface area contributed by atoms with Gasteiger partial charge in [-0.05, 0) is 19.1 Å². The summed E-state index contributed by atoms with van der Waals surface area (Å²) in [4.78, 5) is 23.6. The van der Waals surface area contributed by atoms with Gasteiger partial charge in [0.2, 0.25) is 0 Å². The first-order chi connectivity index (χ1) is 9.09. The molecule has 0 N–H and O–H groups in total. The summed E-state index contributed by atoms with van der Waals surface area (Å²) in [5.41, 5.74) is -0.336. The molecule has 0 spiro atoms. The first-order valence-corrected chi connectivity index (χ1v) is 6.02. The Kier molecular flexibility index (Phi) is 1.77. The molecule has 2 aliphatic heterocycles. The maximum absolute atomic E-state index is 12.2. The van der Waals surface area contributed by atoms with Crippen LogP contribution in [0.15, 0.2) is 33.5 Å². The fourth-order valence-corrected chi connectivity index (χ4v) is 2.88. The molecule has 1 aromatic heterocycles. The van der Waals surface area contributed by atoms with Crippen molar-refractivity contribution in [1.82, 2.24) is 0 Å². The quantitative estimate of drug-likeness (QED) is 0.531. The van der Waals surface area contributed by atoms with Crippen LogP contribution >= 0.6 is 0 Å². The molecule has 0 bridgehead atoms. The number of hydrogen-bond acceptors (Lipinski definition) is 5. The molecule has 96 valence electrons. The Morgan fingerprint density at radius 1 is 1.21 bits per heavy atom. The van der Waals surface area contributed by atoms with Crippen LogP contribution in [0.25, 0.3) is 11.0 Å². The van der Waals surface area contributed by atoms with Crippen molar-refractivity contribution in [3.63, 3.8) is 0 Å². The van der Waals surface area contributed by atoms with Crippen LogP contribution in [0.2, 0.25) is 0 Å². The molecule has 0 amide bonds. The lowest BCUT2D eigenvalue weighted by atomic mass is 9.82. The summed E-state index contributed by atoms with van der Waals surface area (Å²) >= 11 is 0. The molecule has 0 aliphatic carbocycles. The standard InChI is InChI=1S/C14H10O5/c1-14-6-9(15)18-13(14)19-11-7-4-2-3-5-8(7)17-12(16)10(11)14/h2-5,13H,6H2,1H3/t13-,14-/m1/s1. The number of ether oxygens (including phenoxy) is 2. The number of benzene rings is 1. The maximum Gasteiger partial charge on any atom is 0.344 e. The molecular formula is C14H10O5. The first kappa shape index (κ1) is 10.6. The van der Waals surface area contributed by atoms with Crippen LogP contribution in [0.4, 0.5) is 0 Å². The lowest BCUT2D eigenvalue weighted by Crippen LogP contribution is -2.33. The fraction of sp³-hybridized carbons (Fsp3) is 0.286. The van der Waals surface area contributed by atoms with Gasteiger partial charge in [0, 0.05) is 0 Å². The highest BCUT2D eigenvalue weighted by Gasteiger charge is 2.57. The smallest absolute Gasteiger partial charge is 0.344 e. The van der Waals surface area contributed by atoms with E-state index in [2.05, 4.69) is 0 Å². The van der Waals surface area contributed by atoms with Crippen molar-refractivity contribution in [2.24, 2.45) is 0 Å². The van der Waals surface area contributed by atoms with Gasteiger partial charge in [0.15, 0.2) is 0 Å². The van der Waals surface area contributed by atoms with Crippen LogP contribution in [-0.4, -0.2) is 12.3 Å². The molecule has 0 radical (unpaired) electrons. The monoisotopic (exact) mass is 258 g/mol. The first-order valence-electron chi connectivity index (χ1n) is 6.02. The number of fused-ring (bicyclic) bond motifs is 5. The van der Waals surface area contributed by atoms with E-state index in [9.17, 15) is 9.59 Å². The molecule has 1 saturated heterocycles. The second-order valence-corrected chi connectivity index (χ2v) is 5.12. The third-order valence-corrected chi connectivity index (χ3v) is 3.83.